The van der Waals surface area contributed by atoms with Crippen molar-refractivity contribution >= 4 is 17.6 Å². The molecule has 0 saturated carbocycles. The highest BCUT2D eigenvalue weighted by Crippen LogP contribution is 2.53. The van der Waals surface area contributed by atoms with Crippen molar-refractivity contribution < 1.29 is 19.1 Å². The summed E-state index contributed by atoms with van der Waals surface area (Å²) in [5.74, 6) is -1.19. The van der Waals surface area contributed by atoms with Crippen LogP contribution in [0.4, 0.5) is 5.69 Å². The monoisotopic (exact) mass is 309 g/mol. The van der Waals surface area contributed by atoms with E-state index in [1.807, 2.05) is 19.1 Å². The third-order valence-corrected chi connectivity index (χ3v) is 4.33. The van der Waals surface area contributed by atoms with Crippen LogP contribution in [0, 0.1) is 18.3 Å². The highest BCUT2D eigenvalue weighted by Gasteiger charge is 2.61. The minimum atomic E-state index is -1.61. The molecule has 0 aliphatic carbocycles. The molecule has 1 unspecified atom stereocenters. The van der Waals surface area contributed by atoms with E-state index in [9.17, 15) is 14.9 Å². The summed E-state index contributed by atoms with van der Waals surface area (Å²) in [6, 6.07) is 7.27. The normalized spacial score (nSPS) is 24.9. The molecule has 0 bridgehead atoms. The number of rotatable bonds is 0. The van der Waals surface area contributed by atoms with Gasteiger partial charge in [-0.2, -0.15) is 5.26 Å². The van der Waals surface area contributed by atoms with Crippen LogP contribution in [-0.4, -0.2) is 18.5 Å². The second kappa shape index (κ2) is 4.14. The number of carbonyl (C=O) groups is 2. The molecule has 1 aromatic carbocycles. The molecule has 3 N–H and O–H groups in total. The second-order valence-corrected chi connectivity index (χ2v) is 5.58. The summed E-state index contributed by atoms with van der Waals surface area (Å²) in [5.41, 5.74) is 6.11. The molecule has 1 amide bonds. The van der Waals surface area contributed by atoms with E-state index in [0.717, 1.165) is 5.56 Å². The van der Waals surface area contributed by atoms with Gasteiger partial charge in [0, 0.05) is 11.3 Å². The molecule has 3 aliphatic rings. The Bertz CT molecular complexity index is 906. The van der Waals surface area contributed by atoms with Crippen molar-refractivity contribution in [2.45, 2.75) is 12.3 Å². The van der Waals surface area contributed by atoms with Gasteiger partial charge in [0.15, 0.2) is 11.2 Å². The smallest absolute Gasteiger partial charge is 0.339 e. The number of amides is 1. The number of hydrogen-bond acceptors (Lipinski definition) is 6. The molecule has 4 rings (SSSR count). The predicted molar refractivity (Wildman–Crippen MR) is 77.4 cm³/mol. The number of nitrogens with one attached hydrogen (secondary N) is 1. The summed E-state index contributed by atoms with van der Waals surface area (Å²) >= 11 is 0. The van der Waals surface area contributed by atoms with Crippen molar-refractivity contribution in [1.82, 2.24) is 0 Å². The maximum absolute atomic E-state index is 12.9. The van der Waals surface area contributed by atoms with E-state index < -0.39 is 17.3 Å². The Kier molecular flexibility index (Phi) is 2.41. The lowest BCUT2D eigenvalue weighted by Crippen LogP contribution is -2.44. The molecule has 3 aliphatic heterocycles. The fourth-order valence-corrected chi connectivity index (χ4v) is 3.38. The van der Waals surface area contributed by atoms with Gasteiger partial charge in [0.1, 0.15) is 23.8 Å². The molecule has 1 aromatic rings. The third-order valence-electron chi connectivity index (χ3n) is 4.33. The summed E-state index contributed by atoms with van der Waals surface area (Å²) in [7, 11) is 0. The number of cyclic esters (lactones) is 1. The number of nitrogens with two attached hydrogens (primary N) is 1. The molecule has 3 heterocycles. The van der Waals surface area contributed by atoms with Gasteiger partial charge in [-0.15, -0.1) is 0 Å². The highest BCUT2D eigenvalue weighted by atomic mass is 16.6. The number of ether oxygens (including phenoxy) is 2. The number of esters is 1. The number of benzene rings is 1. The van der Waals surface area contributed by atoms with Crippen LogP contribution in [0.1, 0.15) is 11.1 Å². The highest BCUT2D eigenvalue weighted by molar-refractivity contribution is 6.18. The number of nitrogens with zero attached hydrogens (tertiary/aromatic N) is 1. The van der Waals surface area contributed by atoms with Gasteiger partial charge in [0.05, 0.1) is 0 Å². The quantitative estimate of drug-likeness (QED) is 0.682. The van der Waals surface area contributed by atoms with Crippen molar-refractivity contribution in [3.05, 3.63) is 52.1 Å². The number of aryl methyl sites for hydroxylation is 1. The zero-order valence-corrected chi connectivity index (χ0v) is 12.1. The Balaban J connectivity index is 2.14. The van der Waals surface area contributed by atoms with Gasteiger partial charge in [-0.05, 0) is 13.0 Å². The standard InChI is InChI=1S/C16H11N3O4/c1-7-2-3-10-8(4-7)16(15(21)19-10)9(5-17)13(18)23-11-6-22-14(20)12(11)16/h2-4H,6,18H2,1H3,(H,19,21). The second-order valence-electron chi connectivity index (χ2n) is 5.58. The van der Waals surface area contributed by atoms with E-state index in [-0.39, 0.29) is 29.4 Å². The van der Waals surface area contributed by atoms with Gasteiger partial charge in [0.2, 0.25) is 11.8 Å². The first kappa shape index (κ1) is 13.4. The Morgan fingerprint density at radius 1 is 1.39 bits per heavy atom. The maximum Gasteiger partial charge on any atom is 0.339 e. The van der Waals surface area contributed by atoms with E-state index in [1.165, 1.54) is 0 Å². The lowest BCUT2D eigenvalue weighted by atomic mass is 9.68. The number of nitriles is 1. The lowest BCUT2D eigenvalue weighted by Gasteiger charge is -2.31. The number of fused-ring (bicyclic) bond motifs is 3. The van der Waals surface area contributed by atoms with Crippen LogP contribution in [0.25, 0.3) is 0 Å². The zero-order chi connectivity index (χ0) is 16.4. The van der Waals surface area contributed by atoms with Crippen molar-refractivity contribution in [1.29, 1.82) is 5.26 Å². The Morgan fingerprint density at radius 3 is 2.91 bits per heavy atom. The molecule has 1 atom stereocenters. The summed E-state index contributed by atoms with van der Waals surface area (Å²) < 4.78 is 10.4. The van der Waals surface area contributed by atoms with Crippen LogP contribution in [0.2, 0.25) is 0 Å². The van der Waals surface area contributed by atoms with Crippen LogP contribution in [0.3, 0.4) is 0 Å². The first-order valence-corrected chi connectivity index (χ1v) is 6.91. The van der Waals surface area contributed by atoms with Crippen molar-refractivity contribution in [2.75, 3.05) is 11.9 Å². The Hall–Kier alpha value is -3.27. The molecule has 23 heavy (non-hydrogen) atoms. The largest absolute Gasteiger partial charge is 0.454 e. The predicted octanol–water partition coefficient (Wildman–Crippen LogP) is 0.720. The zero-order valence-electron chi connectivity index (χ0n) is 12.1. The summed E-state index contributed by atoms with van der Waals surface area (Å²) in [6.45, 7) is 1.75. The Morgan fingerprint density at radius 2 is 2.17 bits per heavy atom. The van der Waals surface area contributed by atoms with Crippen molar-refractivity contribution in [3.63, 3.8) is 0 Å². The first-order valence-electron chi connectivity index (χ1n) is 6.91. The molecule has 0 fully saturated rings. The average Bonchev–Trinajstić information content (AvgIpc) is 3.00. The fraction of sp³-hybridized carbons (Fsp3) is 0.188. The van der Waals surface area contributed by atoms with Gasteiger partial charge < -0.3 is 20.5 Å². The van der Waals surface area contributed by atoms with Crippen molar-refractivity contribution in [2.24, 2.45) is 5.73 Å². The summed E-state index contributed by atoms with van der Waals surface area (Å²) in [5, 5.41) is 12.3. The van der Waals surface area contributed by atoms with E-state index in [1.54, 1.807) is 12.1 Å². The average molecular weight is 309 g/mol. The van der Waals surface area contributed by atoms with Gasteiger partial charge >= 0.3 is 5.97 Å². The summed E-state index contributed by atoms with van der Waals surface area (Å²) in [4.78, 5) is 25.1. The minimum Gasteiger partial charge on any atom is -0.454 e. The number of hydrogen-bond donors (Lipinski definition) is 2. The molecule has 114 valence electrons. The van der Waals surface area contributed by atoms with Crippen LogP contribution in [0.5, 0.6) is 0 Å². The van der Waals surface area contributed by atoms with Crippen LogP contribution in [-0.2, 0) is 24.5 Å². The molecule has 7 nitrogen and oxygen atoms in total. The molecule has 0 saturated heterocycles. The molecular formula is C16H11N3O4. The molecule has 1 spiro atoms. The Labute approximate surface area is 131 Å². The minimum absolute atomic E-state index is 0.0325. The third kappa shape index (κ3) is 1.42. The number of carbonyl (C=O) groups excluding carboxylic acids is 2. The molecule has 0 radical (unpaired) electrons. The van der Waals surface area contributed by atoms with E-state index >= 15 is 0 Å². The van der Waals surface area contributed by atoms with Gasteiger partial charge in [-0.1, -0.05) is 17.7 Å². The van der Waals surface area contributed by atoms with Crippen LogP contribution >= 0.6 is 0 Å². The van der Waals surface area contributed by atoms with E-state index in [4.69, 9.17) is 15.2 Å². The van der Waals surface area contributed by atoms with E-state index in [0.29, 0.717) is 11.3 Å². The van der Waals surface area contributed by atoms with Gasteiger partial charge in [0.25, 0.3) is 0 Å². The first-order chi connectivity index (χ1) is 11.0. The topological polar surface area (TPSA) is 114 Å². The molecule has 0 aromatic heterocycles. The fourth-order valence-electron chi connectivity index (χ4n) is 3.38. The molecular weight excluding hydrogens is 298 g/mol. The van der Waals surface area contributed by atoms with Crippen LogP contribution in [0.15, 0.2) is 41.0 Å². The lowest BCUT2D eigenvalue weighted by molar-refractivity contribution is -0.137. The van der Waals surface area contributed by atoms with E-state index in [2.05, 4.69) is 5.32 Å². The SMILES string of the molecule is Cc1ccc2c(c1)C1(C(=O)N2)C(C#N)=C(N)OC2=C1C(=O)OC2. The van der Waals surface area contributed by atoms with Crippen molar-refractivity contribution in [3.8, 4) is 6.07 Å². The van der Waals surface area contributed by atoms with Gasteiger partial charge in [-0.3, -0.25) is 4.79 Å². The summed E-state index contributed by atoms with van der Waals surface area (Å²) in [6.07, 6.45) is 0. The maximum atomic E-state index is 12.9. The number of anilines is 1. The van der Waals surface area contributed by atoms with Crippen LogP contribution < -0.4 is 11.1 Å². The van der Waals surface area contributed by atoms with Gasteiger partial charge in [-0.25, -0.2) is 4.79 Å². The molecule has 7 heteroatoms.